The summed E-state index contributed by atoms with van der Waals surface area (Å²) in [7, 11) is 0. The fraction of sp³-hybridized carbons (Fsp3) is 0.188. The zero-order valence-corrected chi connectivity index (χ0v) is 13.4. The van der Waals surface area contributed by atoms with Gasteiger partial charge in [0.05, 0.1) is 15.6 Å². The van der Waals surface area contributed by atoms with E-state index in [0.717, 1.165) is 11.1 Å². The number of carbonyl (C=O) groups excluding carboxylic acids is 1. The van der Waals surface area contributed by atoms with Gasteiger partial charge < -0.3 is 10.1 Å². The minimum absolute atomic E-state index is 0.0557. The highest BCUT2D eigenvalue weighted by atomic mass is 35.5. The fourth-order valence-electron chi connectivity index (χ4n) is 1.94. The molecule has 120 valence electrons. The van der Waals surface area contributed by atoms with Crippen molar-refractivity contribution >= 4 is 28.9 Å². The highest BCUT2D eigenvalue weighted by molar-refractivity contribution is 6.33. The summed E-state index contributed by atoms with van der Waals surface area (Å²) in [4.78, 5) is 22.3. The summed E-state index contributed by atoms with van der Waals surface area (Å²) in [6, 6.07) is 9.70. The lowest BCUT2D eigenvalue weighted by Crippen LogP contribution is -2.20. The number of rotatable bonds is 5. The topological polar surface area (TPSA) is 81.5 Å². The van der Waals surface area contributed by atoms with Gasteiger partial charge in [0.25, 0.3) is 5.91 Å². The molecule has 0 bridgehead atoms. The predicted octanol–water partition coefficient (Wildman–Crippen LogP) is 3.88. The number of hydrogen-bond acceptors (Lipinski definition) is 4. The lowest BCUT2D eigenvalue weighted by Gasteiger charge is -2.10. The Bertz CT molecular complexity index is 762. The Balaban J connectivity index is 2.05. The number of anilines is 1. The number of halogens is 1. The van der Waals surface area contributed by atoms with Crippen LogP contribution in [0.2, 0.25) is 5.02 Å². The molecule has 0 heterocycles. The summed E-state index contributed by atoms with van der Waals surface area (Å²) in [5.74, 6) is -0.397. The normalized spacial score (nSPS) is 10.2. The molecule has 0 aliphatic rings. The summed E-state index contributed by atoms with van der Waals surface area (Å²) >= 11 is 6.03. The molecule has 7 heteroatoms. The van der Waals surface area contributed by atoms with E-state index < -0.39 is 10.8 Å². The lowest BCUT2D eigenvalue weighted by atomic mass is 10.2. The Kier molecular flexibility index (Phi) is 5.18. The number of ether oxygens (including phenoxy) is 1. The van der Waals surface area contributed by atoms with Crippen LogP contribution in [-0.4, -0.2) is 17.4 Å². The van der Waals surface area contributed by atoms with Gasteiger partial charge >= 0.3 is 5.69 Å². The molecule has 23 heavy (non-hydrogen) atoms. The van der Waals surface area contributed by atoms with Gasteiger partial charge in [-0.1, -0.05) is 23.7 Å². The van der Waals surface area contributed by atoms with Crippen molar-refractivity contribution in [1.82, 2.24) is 0 Å². The standard InChI is InChI=1S/C16H15ClN2O4/c1-10-3-5-13(12(17)7-10)18-16(20)9-23-15-8-11(2)4-6-14(15)19(21)22/h3-8H,9H2,1-2H3,(H,18,20). The first-order valence-corrected chi connectivity index (χ1v) is 7.18. The average Bonchev–Trinajstić information content (AvgIpc) is 2.48. The maximum absolute atomic E-state index is 11.9. The van der Waals surface area contributed by atoms with Crippen LogP contribution in [0.15, 0.2) is 36.4 Å². The molecule has 0 saturated heterocycles. The number of nitrogens with one attached hydrogen (secondary N) is 1. The molecule has 0 spiro atoms. The van der Waals surface area contributed by atoms with E-state index in [9.17, 15) is 14.9 Å². The molecule has 2 aromatic rings. The first-order valence-electron chi connectivity index (χ1n) is 6.80. The van der Waals surface area contributed by atoms with E-state index in [1.54, 1.807) is 25.1 Å². The second-order valence-corrected chi connectivity index (χ2v) is 5.46. The molecule has 0 aliphatic carbocycles. The van der Waals surface area contributed by atoms with Crippen molar-refractivity contribution in [3.05, 3.63) is 62.7 Å². The van der Waals surface area contributed by atoms with Gasteiger partial charge in [-0.15, -0.1) is 0 Å². The molecule has 0 fully saturated rings. The molecular formula is C16H15ClN2O4. The zero-order valence-electron chi connectivity index (χ0n) is 12.6. The van der Waals surface area contributed by atoms with Crippen LogP contribution >= 0.6 is 11.6 Å². The molecule has 0 aromatic heterocycles. The van der Waals surface area contributed by atoms with Crippen LogP contribution in [0.3, 0.4) is 0 Å². The minimum atomic E-state index is -0.552. The number of nitro benzene ring substituents is 1. The summed E-state index contributed by atoms with van der Waals surface area (Å²) in [6.07, 6.45) is 0. The van der Waals surface area contributed by atoms with Crippen molar-refractivity contribution in [1.29, 1.82) is 0 Å². The highest BCUT2D eigenvalue weighted by Crippen LogP contribution is 2.28. The van der Waals surface area contributed by atoms with Gasteiger partial charge in [0, 0.05) is 6.07 Å². The third-order valence-corrected chi connectivity index (χ3v) is 3.38. The van der Waals surface area contributed by atoms with Crippen LogP contribution in [0.1, 0.15) is 11.1 Å². The largest absolute Gasteiger partial charge is 0.477 e. The van der Waals surface area contributed by atoms with Crippen molar-refractivity contribution in [3.8, 4) is 5.75 Å². The molecule has 1 amide bonds. The van der Waals surface area contributed by atoms with Gasteiger partial charge in [-0.25, -0.2) is 0 Å². The molecule has 0 radical (unpaired) electrons. The number of aryl methyl sites for hydroxylation is 2. The van der Waals surface area contributed by atoms with E-state index in [0.29, 0.717) is 10.7 Å². The SMILES string of the molecule is Cc1ccc(NC(=O)COc2cc(C)ccc2[N+](=O)[O-])c(Cl)c1. The van der Waals surface area contributed by atoms with E-state index in [1.165, 1.54) is 12.1 Å². The Morgan fingerprint density at radius 2 is 1.87 bits per heavy atom. The first-order chi connectivity index (χ1) is 10.9. The summed E-state index contributed by atoms with van der Waals surface area (Å²) in [5.41, 5.74) is 2.05. The number of hydrogen-bond donors (Lipinski definition) is 1. The lowest BCUT2D eigenvalue weighted by molar-refractivity contribution is -0.385. The van der Waals surface area contributed by atoms with Crippen molar-refractivity contribution in [2.75, 3.05) is 11.9 Å². The quantitative estimate of drug-likeness (QED) is 0.664. The van der Waals surface area contributed by atoms with Gasteiger partial charge in [0.15, 0.2) is 12.4 Å². The van der Waals surface area contributed by atoms with Crippen molar-refractivity contribution < 1.29 is 14.5 Å². The third-order valence-electron chi connectivity index (χ3n) is 3.07. The van der Waals surface area contributed by atoms with Crippen LogP contribution in [-0.2, 0) is 4.79 Å². The van der Waals surface area contributed by atoms with Crippen molar-refractivity contribution in [2.24, 2.45) is 0 Å². The van der Waals surface area contributed by atoms with E-state index in [1.807, 2.05) is 13.0 Å². The number of benzene rings is 2. The van der Waals surface area contributed by atoms with Gasteiger partial charge in [0.1, 0.15) is 0 Å². The molecule has 0 aliphatic heterocycles. The van der Waals surface area contributed by atoms with Crippen LogP contribution in [0, 0.1) is 24.0 Å². The van der Waals surface area contributed by atoms with Gasteiger partial charge in [-0.2, -0.15) is 0 Å². The van der Waals surface area contributed by atoms with E-state index in [-0.39, 0.29) is 18.0 Å². The van der Waals surface area contributed by atoms with E-state index in [2.05, 4.69) is 5.32 Å². The smallest absolute Gasteiger partial charge is 0.310 e. The highest BCUT2D eigenvalue weighted by Gasteiger charge is 2.16. The maximum atomic E-state index is 11.9. The molecule has 2 rings (SSSR count). The second kappa shape index (κ2) is 7.11. The molecule has 0 unspecified atom stereocenters. The van der Waals surface area contributed by atoms with Gasteiger partial charge in [-0.05, 0) is 43.2 Å². The van der Waals surface area contributed by atoms with Crippen molar-refractivity contribution in [2.45, 2.75) is 13.8 Å². The molecular weight excluding hydrogens is 320 g/mol. The van der Waals surface area contributed by atoms with Crippen LogP contribution in [0.4, 0.5) is 11.4 Å². The number of nitrogens with zero attached hydrogens (tertiary/aromatic N) is 1. The number of amides is 1. The van der Waals surface area contributed by atoms with Crippen molar-refractivity contribution in [3.63, 3.8) is 0 Å². The Morgan fingerprint density at radius 3 is 2.52 bits per heavy atom. The molecule has 0 atom stereocenters. The average molecular weight is 335 g/mol. The van der Waals surface area contributed by atoms with E-state index in [4.69, 9.17) is 16.3 Å². The van der Waals surface area contributed by atoms with Crippen LogP contribution in [0.5, 0.6) is 5.75 Å². The Labute approximate surface area is 138 Å². The molecule has 2 aromatic carbocycles. The van der Waals surface area contributed by atoms with Crippen LogP contribution in [0.25, 0.3) is 0 Å². The number of carbonyl (C=O) groups is 1. The molecule has 0 saturated carbocycles. The van der Waals surface area contributed by atoms with E-state index >= 15 is 0 Å². The summed E-state index contributed by atoms with van der Waals surface area (Å²) in [5, 5.41) is 14.0. The van der Waals surface area contributed by atoms with Crippen LogP contribution < -0.4 is 10.1 Å². The molecule has 6 nitrogen and oxygen atoms in total. The summed E-state index contributed by atoms with van der Waals surface area (Å²) in [6.45, 7) is 3.31. The Morgan fingerprint density at radius 1 is 1.22 bits per heavy atom. The van der Waals surface area contributed by atoms with Gasteiger partial charge in [0.2, 0.25) is 0 Å². The zero-order chi connectivity index (χ0) is 17.0. The monoisotopic (exact) mass is 334 g/mol. The first kappa shape index (κ1) is 16.8. The second-order valence-electron chi connectivity index (χ2n) is 5.05. The predicted molar refractivity (Wildman–Crippen MR) is 88.1 cm³/mol. The molecule has 1 N–H and O–H groups in total. The summed E-state index contributed by atoms with van der Waals surface area (Å²) < 4.78 is 5.28. The van der Waals surface area contributed by atoms with Gasteiger partial charge in [-0.3, -0.25) is 14.9 Å². The Hall–Kier alpha value is -2.60. The number of nitro groups is 1. The maximum Gasteiger partial charge on any atom is 0.310 e. The minimum Gasteiger partial charge on any atom is -0.477 e. The third kappa shape index (κ3) is 4.43. The fourth-order valence-corrected chi connectivity index (χ4v) is 2.22.